The minimum absolute atomic E-state index is 0.102. The zero-order valence-corrected chi connectivity index (χ0v) is 13.6. The minimum atomic E-state index is -0.532. The molecular formula is C15H15ClN2O3S. The molecule has 0 aliphatic rings. The molecule has 0 bridgehead atoms. The van der Waals surface area contributed by atoms with Gasteiger partial charge < -0.3 is 4.90 Å². The number of benzene rings is 1. The quantitative estimate of drug-likeness (QED) is 0.580. The van der Waals surface area contributed by atoms with Crippen LogP contribution in [0.4, 0.5) is 5.69 Å². The van der Waals surface area contributed by atoms with Gasteiger partial charge in [0.15, 0.2) is 0 Å². The number of amides is 1. The molecule has 0 unspecified atom stereocenters. The maximum atomic E-state index is 12.6. The Balaban J connectivity index is 2.24. The van der Waals surface area contributed by atoms with Gasteiger partial charge in [-0.2, -0.15) is 11.3 Å². The van der Waals surface area contributed by atoms with E-state index in [0.717, 1.165) is 12.0 Å². The van der Waals surface area contributed by atoms with Gasteiger partial charge in [0.05, 0.1) is 15.5 Å². The van der Waals surface area contributed by atoms with Crippen molar-refractivity contribution in [1.82, 2.24) is 4.90 Å². The maximum Gasteiger partial charge on any atom is 0.270 e. The molecule has 5 nitrogen and oxygen atoms in total. The lowest BCUT2D eigenvalue weighted by molar-refractivity contribution is -0.384. The number of nitro benzene ring substituents is 1. The Kier molecular flexibility index (Phi) is 5.51. The van der Waals surface area contributed by atoms with E-state index in [4.69, 9.17) is 11.6 Å². The molecular weight excluding hydrogens is 324 g/mol. The van der Waals surface area contributed by atoms with E-state index in [2.05, 4.69) is 0 Å². The fraction of sp³-hybridized carbons (Fsp3) is 0.267. The summed E-state index contributed by atoms with van der Waals surface area (Å²) in [6, 6.07) is 5.90. The van der Waals surface area contributed by atoms with Crippen LogP contribution in [-0.2, 0) is 6.54 Å². The summed E-state index contributed by atoms with van der Waals surface area (Å²) in [5.74, 6) is -0.215. The van der Waals surface area contributed by atoms with Crippen molar-refractivity contribution in [3.63, 3.8) is 0 Å². The summed E-state index contributed by atoms with van der Waals surface area (Å²) in [6.07, 6.45) is 0.820. The summed E-state index contributed by atoms with van der Waals surface area (Å²) in [5, 5.41) is 14.8. The zero-order chi connectivity index (χ0) is 16.1. The topological polar surface area (TPSA) is 63.5 Å². The summed E-state index contributed by atoms with van der Waals surface area (Å²) in [4.78, 5) is 24.5. The van der Waals surface area contributed by atoms with E-state index in [-0.39, 0.29) is 22.2 Å². The summed E-state index contributed by atoms with van der Waals surface area (Å²) >= 11 is 7.62. The average Bonchev–Trinajstić information content (AvgIpc) is 2.99. The molecule has 0 aliphatic heterocycles. The fourth-order valence-electron chi connectivity index (χ4n) is 2.09. The average molecular weight is 339 g/mol. The van der Waals surface area contributed by atoms with Crippen molar-refractivity contribution in [2.24, 2.45) is 0 Å². The minimum Gasteiger partial charge on any atom is -0.334 e. The largest absolute Gasteiger partial charge is 0.334 e. The first-order valence-corrected chi connectivity index (χ1v) is 8.09. The second kappa shape index (κ2) is 7.38. The maximum absolute atomic E-state index is 12.6. The van der Waals surface area contributed by atoms with Crippen LogP contribution < -0.4 is 0 Å². The molecule has 0 spiro atoms. The van der Waals surface area contributed by atoms with E-state index in [1.54, 1.807) is 16.2 Å². The van der Waals surface area contributed by atoms with Gasteiger partial charge in [-0.15, -0.1) is 0 Å². The van der Waals surface area contributed by atoms with E-state index in [0.29, 0.717) is 13.1 Å². The van der Waals surface area contributed by atoms with Crippen LogP contribution in [0.2, 0.25) is 5.02 Å². The van der Waals surface area contributed by atoms with Crippen LogP contribution in [-0.4, -0.2) is 22.3 Å². The molecule has 0 N–H and O–H groups in total. The molecule has 0 aliphatic carbocycles. The van der Waals surface area contributed by atoms with E-state index < -0.39 is 4.92 Å². The monoisotopic (exact) mass is 338 g/mol. The van der Waals surface area contributed by atoms with Crippen LogP contribution >= 0.6 is 22.9 Å². The second-order valence-corrected chi connectivity index (χ2v) is 5.97. The van der Waals surface area contributed by atoms with Crippen LogP contribution in [0.25, 0.3) is 0 Å². The van der Waals surface area contributed by atoms with E-state index in [1.807, 2.05) is 23.8 Å². The Labute approximate surface area is 137 Å². The number of hydrogen-bond donors (Lipinski definition) is 0. The number of non-ortho nitro benzene ring substituents is 1. The van der Waals surface area contributed by atoms with E-state index >= 15 is 0 Å². The van der Waals surface area contributed by atoms with Crippen LogP contribution in [0.3, 0.4) is 0 Å². The molecule has 0 atom stereocenters. The molecule has 0 fully saturated rings. The molecule has 1 amide bonds. The predicted octanol–water partition coefficient (Wildman–Crippen LogP) is 4.36. The van der Waals surface area contributed by atoms with Gasteiger partial charge in [-0.1, -0.05) is 18.5 Å². The molecule has 1 aromatic heterocycles. The van der Waals surface area contributed by atoms with Gasteiger partial charge in [-0.3, -0.25) is 14.9 Å². The molecule has 7 heteroatoms. The molecule has 1 aromatic carbocycles. The van der Waals surface area contributed by atoms with Gasteiger partial charge in [-0.05, 0) is 34.9 Å². The first kappa shape index (κ1) is 16.5. The lowest BCUT2D eigenvalue weighted by atomic mass is 10.1. The number of halogens is 1. The highest BCUT2D eigenvalue weighted by Gasteiger charge is 2.20. The molecule has 0 saturated carbocycles. The van der Waals surface area contributed by atoms with Gasteiger partial charge in [0.2, 0.25) is 0 Å². The summed E-state index contributed by atoms with van der Waals surface area (Å²) in [6.45, 7) is 3.09. The van der Waals surface area contributed by atoms with Crippen molar-refractivity contribution in [3.8, 4) is 0 Å². The lowest BCUT2D eigenvalue weighted by Gasteiger charge is -2.22. The zero-order valence-electron chi connectivity index (χ0n) is 12.0. The molecule has 0 saturated heterocycles. The summed E-state index contributed by atoms with van der Waals surface area (Å²) in [5.41, 5.74) is 1.22. The molecule has 22 heavy (non-hydrogen) atoms. The van der Waals surface area contributed by atoms with Gasteiger partial charge in [0, 0.05) is 25.2 Å². The standard InChI is InChI=1S/C15H15ClN2O3S/c1-2-6-17(9-11-5-7-22-10-11)15(19)13-4-3-12(18(20)21)8-14(13)16/h3-5,7-8,10H,2,6,9H2,1H3. The highest BCUT2D eigenvalue weighted by molar-refractivity contribution is 7.07. The number of thiophene rings is 1. The number of carbonyl (C=O) groups excluding carboxylic acids is 1. The Hall–Kier alpha value is -1.92. The molecule has 2 rings (SSSR count). The Morgan fingerprint density at radius 3 is 2.73 bits per heavy atom. The number of nitrogens with zero attached hydrogens (tertiary/aromatic N) is 2. The molecule has 2 aromatic rings. The van der Waals surface area contributed by atoms with Gasteiger partial charge in [-0.25, -0.2) is 0 Å². The van der Waals surface area contributed by atoms with Crippen molar-refractivity contribution < 1.29 is 9.72 Å². The number of hydrogen-bond acceptors (Lipinski definition) is 4. The second-order valence-electron chi connectivity index (χ2n) is 4.78. The highest BCUT2D eigenvalue weighted by atomic mass is 35.5. The van der Waals surface area contributed by atoms with Crippen molar-refractivity contribution in [2.45, 2.75) is 19.9 Å². The van der Waals surface area contributed by atoms with Gasteiger partial charge >= 0.3 is 0 Å². The Bertz CT molecular complexity index is 673. The molecule has 116 valence electrons. The Morgan fingerprint density at radius 2 is 2.18 bits per heavy atom. The molecule has 1 heterocycles. The Morgan fingerprint density at radius 1 is 1.41 bits per heavy atom. The third-order valence-corrected chi connectivity index (χ3v) is 4.17. The van der Waals surface area contributed by atoms with Crippen LogP contribution in [0.5, 0.6) is 0 Å². The van der Waals surface area contributed by atoms with Crippen LogP contribution in [0, 0.1) is 10.1 Å². The van der Waals surface area contributed by atoms with E-state index in [9.17, 15) is 14.9 Å². The molecule has 0 radical (unpaired) electrons. The van der Waals surface area contributed by atoms with Crippen LogP contribution in [0.1, 0.15) is 29.3 Å². The first-order valence-electron chi connectivity index (χ1n) is 6.77. The van der Waals surface area contributed by atoms with Crippen LogP contribution in [0.15, 0.2) is 35.0 Å². The first-order chi connectivity index (χ1) is 10.5. The lowest BCUT2D eigenvalue weighted by Crippen LogP contribution is -2.31. The van der Waals surface area contributed by atoms with Crippen molar-refractivity contribution in [3.05, 3.63) is 61.3 Å². The number of nitro groups is 1. The summed E-state index contributed by atoms with van der Waals surface area (Å²) < 4.78 is 0. The highest BCUT2D eigenvalue weighted by Crippen LogP contribution is 2.24. The smallest absolute Gasteiger partial charge is 0.270 e. The van der Waals surface area contributed by atoms with Crippen molar-refractivity contribution in [2.75, 3.05) is 6.54 Å². The van der Waals surface area contributed by atoms with Crippen molar-refractivity contribution >= 4 is 34.5 Å². The van der Waals surface area contributed by atoms with Gasteiger partial charge in [0.1, 0.15) is 0 Å². The normalized spacial score (nSPS) is 10.5. The SMILES string of the molecule is CCCN(Cc1ccsc1)C(=O)c1ccc([N+](=O)[O-])cc1Cl. The third-order valence-electron chi connectivity index (χ3n) is 3.13. The summed E-state index contributed by atoms with van der Waals surface area (Å²) in [7, 11) is 0. The number of rotatable bonds is 6. The van der Waals surface area contributed by atoms with Crippen molar-refractivity contribution in [1.29, 1.82) is 0 Å². The fourth-order valence-corrected chi connectivity index (χ4v) is 3.00. The predicted molar refractivity (Wildman–Crippen MR) is 87.5 cm³/mol. The van der Waals surface area contributed by atoms with E-state index in [1.165, 1.54) is 18.2 Å². The number of carbonyl (C=O) groups is 1. The van der Waals surface area contributed by atoms with Gasteiger partial charge in [0.25, 0.3) is 11.6 Å². The third kappa shape index (κ3) is 3.84.